The third-order valence-corrected chi connectivity index (χ3v) is 4.67. The molecule has 112 valence electrons. The van der Waals surface area contributed by atoms with E-state index in [1.54, 1.807) is 6.92 Å². The zero-order valence-corrected chi connectivity index (χ0v) is 13.9. The van der Waals surface area contributed by atoms with E-state index in [1.165, 1.54) is 11.3 Å². The van der Waals surface area contributed by atoms with Crippen molar-refractivity contribution in [2.75, 3.05) is 6.61 Å². The van der Waals surface area contributed by atoms with Crippen molar-refractivity contribution in [3.05, 3.63) is 34.2 Å². The van der Waals surface area contributed by atoms with E-state index in [0.717, 1.165) is 15.6 Å². The smallest absolute Gasteiger partial charge is 0.348 e. The van der Waals surface area contributed by atoms with Gasteiger partial charge in [-0.05, 0) is 30.9 Å². The highest BCUT2D eigenvalue weighted by atomic mass is 32.1. The molecule has 2 rings (SSSR count). The van der Waals surface area contributed by atoms with Crippen molar-refractivity contribution >= 4 is 33.2 Å². The van der Waals surface area contributed by atoms with Crippen LogP contribution in [0.3, 0.4) is 0 Å². The molecular formula is C17H20O3S. The number of ether oxygens (including phenoxy) is 1. The lowest BCUT2D eigenvalue weighted by atomic mass is 9.86. The Morgan fingerprint density at radius 2 is 1.90 bits per heavy atom. The average Bonchev–Trinajstić information content (AvgIpc) is 2.75. The van der Waals surface area contributed by atoms with Crippen LogP contribution in [-0.2, 0) is 4.74 Å². The number of fused-ring (bicyclic) bond motifs is 1. The molecule has 0 spiro atoms. The van der Waals surface area contributed by atoms with Gasteiger partial charge in [0.25, 0.3) is 0 Å². The van der Waals surface area contributed by atoms with Gasteiger partial charge in [0.2, 0.25) is 0 Å². The first-order valence-electron chi connectivity index (χ1n) is 7.01. The third-order valence-electron chi connectivity index (χ3n) is 3.35. The number of Topliss-reactive ketones (excluding diaryl/α,β-unsaturated/α-hetero) is 1. The van der Waals surface area contributed by atoms with E-state index in [-0.39, 0.29) is 11.8 Å². The van der Waals surface area contributed by atoms with Gasteiger partial charge in [-0.3, -0.25) is 4.79 Å². The molecule has 1 aromatic heterocycles. The van der Waals surface area contributed by atoms with E-state index in [0.29, 0.717) is 17.0 Å². The first kappa shape index (κ1) is 15.7. The number of carbonyl (C=O) groups excluding carboxylic acids is 2. The number of hydrogen-bond acceptors (Lipinski definition) is 4. The molecule has 21 heavy (non-hydrogen) atoms. The van der Waals surface area contributed by atoms with Crippen LogP contribution in [0.2, 0.25) is 0 Å². The molecule has 0 saturated heterocycles. The summed E-state index contributed by atoms with van der Waals surface area (Å²) < 4.78 is 5.97. The van der Waals surface area contributed by atoms with Crippen molar-refractivity contribution in [2.45, 2.75) is 34.6 Å². The van der Waals surface area contributed by atoms with Crippen LogP contribution in [0.25, 0.3) is 10.1 Å². The normalized spacial score (nSPS) is 11.7. The maximum absolute atomic E-state index is 12.6. The molecule has 0 N–H and O–H groups in total. The molecule has 0 bridgehead atoms. The number of rotatable bonds is 3. The van der Waals surface area contributed by atoms with Crippen LogP contribution < -0.4 is 0 Å². The highest BCUT2D eigenvalue weighted by Crippen LogP contribution is 2.36. The summed E-state index contributed by atoms with van der Waals surface area (Å²) >= 11 is 1.35. The van der Waals surface area contributed by atoms with Crippen LogP contribution in [-0.4, -0.2) is 18.4 Å². The molecule has 0 saturated carbocycles. The number of ketones is 1. The number of benzene rings is 1. The van der Waals surface area contributed by atoms with E-state index in [9.17, 15) is 9.59 Å². The van der Waals surface area contributed by atoms with Crippen molar-refractivity contribution in [1.82, 2.24) is 0 Å². The first-order chi connectivity index (χ1) is 9.77. The lowest BCUT2D eigenvalue weighted by molar-refractivity contribution is 0.0531. The van der Waals surface area contributed by atoms with E-state index >= 15 is 0 Å². The highest BCUT2D eigenvalue weighted by Gasteiger charge is 2.26. The SMILES string of the molecule is CCOC(=O)c1sc2c(C(=O)C(C)(C)C)cccc2c1C. The molecule has 1 aromatic carbocycles. The minimum absolute atomic E-state index is 0.0877. The number of hydrogen-bond donors (Lipinski definition) is 0. The van der Waals surface area contributed by atoms with Gasteiger partial charge in [0, 0.05) is 15.7 Å². The van der Waals surface area contributed by atoms with E-state index in [1.807, 2.05) is 45.9 Å². The third kappa shape index (κ3) is 2.86. The summed E-state index contributed by atoms with van der Waals surface area (Å²) in [6, 6.07) is 5.65. The topological polar surface area (TPSA) is 43.4 Å². The lowest BCUT2D eigenvalue weighted by Crippen LogP contribution is -2.20. The molecule has 1 heterocycles. The standard InChI is InChI=1S/C17H20O3S/c1-6-20-16(19)13-10(2)11-8-7-9-12(14(11)21-13)15(18)17(3,4)5/h7-9H,6H2,1-5H3. The maximum Gasteiger partial charge on any atom is 0.348 e. The first-order valence-corrected chi connectivity index (χ1v) is 7.83. The Hall–Kier alpha value is -1.68. The summed E-state index contributed by atoms with van der Waals surface area (Å²) in [5.74, 6) is -0.227. The van der Waals surface area contributed by atoms with Gasteiger partial charge in [-0.1, -0.05) is 32.9 Å². The molecular weight excluding hydrogens is 284 g/mol. The fourth-order valence-corrected chi connectivity index (χ4v) is 3.43. The van der Waals surface area contributed by atoms with Gasteiger partial charge in [0.1, 0.15) is 4.88 Å². The second kappa shape index (κ2) is 5.60. The van der Waals surface area contributed by atoms with E-state index < -0.39 is 5.41 Å². The van der Waals surface area contributed by atoms with E-state index in [4.69, 9.17) is 4.74 Å². The van der Waals surface area contributed by atoms with Gasteiger partial charge >= 0.3 is 5.97 Å². The van der Waals surface area contributed by atoms with Crippen molar-refractivity contribution in [3.8, 4) is 0 Å². The Bertz CT molecular complexity index is 705. The number of aryl methyl sites for hydroxylation is 1. The lowest BCUT2D eigenvalue weighted by Gasteiger charge is -2.16. The molecule has 0 amide bonds. The average molecular weight is 304 g/mol. The van der Waals surface area contributed by atoms with Gasteiger partial charge in [0.05, 0.1) is 6.61 Å². The Kier molecular flexibility index (Phi) is 4.19. The predicted octanol–water partition coefficient (Wildman–Crippen LogP) is 4.62. The van der Waals surface area contributed by atoms with Gasteiger partial charge in [-0.15, -0.1) is 11.3 Å². The monoisotopic (exact) mass is 304 g/mol. The minimum Gasteiger partial charge on any atom is -0.462 e. The molecule has 3 nitrogen and oxygen atoms in total. The summed E-state index contributed by atoms with van der Waals surface area (Å²) in [6.45, 7) is 9.74. The van der Waals surface area contributed by atoms with Crippen molar-refractivity contribution < 1.29 is 14.3 Å². The largest absolute Gasteiger partial charge is 0.462 e. The molecule has 2 aromatic rings. The van der Waals surface area contributed by atoms with Crippen LogP contribution >= 0.6 is 11.3 Å². The fourth-order valence-electron chi connectivity index (χ4n) is 2.22. The summed E-state index contributed by atoms with van der Waals surface area (Å²) in [6.07, 6.45) is 0. The summed E-state index contributed by atoms with van der Waals surface area (Å²) in [5, 5.41) is 0.957. The highest BCUT2D eigenvalue weighted by molar-refractivity contribution is 7.21. The Labute approximate surface area is 128 Å². The second-order valence-corrected chi connectivity index (χ2v) is 7.06. The van der Waals surface area contributed by atoms with Gasteiger partial charge < -0.3 is 4.74 Å². The second-order valence-electron chi connectivity index (χ2n) is 6.04. The van der Waals surface area contributed by atoms with Crippen LogP contribution in [0.4, 0.5) is 0 Å². The Morgan fingerprint density at radius 3 is 2.48 bits per heavy atom. The summed E-state index contributed by atoms with van der Waals surface area (Å²) in [4.78, 5) is 25.2. The maximum atomic E-state index is 12.6. The zero-order chi connectivity index (χ0) is 15.8. The molecule has 0 aliphatic carbocycles. The zero-order valence-electron chi connectivity index (χ0n) is 13.1. The summed E-state index contributed by atoms with van der Waals surface area (Å²) in [5.41, 5.74) is 1.12. The van der Waals surface area contributed by atoms with Crippen molar-refractivity contribution in [3.63, 3.8) is 0 Å². The Morgan fingerprint density at radius 1 is 1.24 bits per heavy atom. The molecule has 0 atom stereocenters. The van der Waals surface area contributed by atoms with Crippen LogP contribution in [0.1, 0.15) is 53.3 Å². The molecule has 4 heteroatoms. The number of thiophene rings is 1. The van der Waals surface area contributed by atoms with Crippen molar-refractivity contribution in [1.29, 1.82) is 0 Å². The van der Waals surface area contributed by atoms with Crippen molar-refractivity contribution in [2.24, 2.45) is 5.41 Å². The van der Waals surface area contributed by atoms with Gasteiger partial charge in [-0.25, -0.2) is 4.79 Å². The Balaban J connectivity index is 2.64. The fraction of sp³-hybridized carbons (Fsp3) is 0.412. The molecule has 0 aliphatic heterocycles. The van der Waals surface area contributed by atoms with Crippen LogP contribution in [0.15, 0.2) is 18.2 Å². The number of carbonyl (C=O) groups is 2. The van der Waals surface area contributed by atoms with Gasteiger partial charge in [0.15, 0.2) is 5.78 Å². The quantitative estimate of drug-likeness (QED) is 0.614. The summed E-state index contributed by atoms with van der Waals surface area (Å²) in [7, 11) is 0. The molecule has 0 unspecified atom stereocenters. The van der Waals surface area contributed by atoms with Gasteiger partial charge in [-0.2, -0.15) is 0 Å². The molecule has 0 aliphatic rings. The molecule has 0 radical (unpaired) electrons. The minimum atomic E-state index is -0.448. The predicted molar refractivity (Wildman–Crippen MR) is 86.3 cm³/mol. The number of esters is 1. The van der Waals surface area contributed by atoms with Crippen LogP contribution in [0, 0.1) is 12.3 Å². The van der Waals surface area contributed by atoms with E-state index in [2.05, 4.69) is 0 Å². The van der Waals surface area contributed by atoms with Crippen LogP contribution in [0.5, 0.6) is 0 Å². The molecule has 0 fully saturated rings.